The van der Waals surface area contributed by atoms with Crippen molar-refractivity contribution in [3.05, 3.63) is 35.4 Å². The van der Waals surface area contributed by atoms with Gasteiger partial charge in [-0.15, -0.1) is 0 Å². The first kappa shape index (κ1) is 14.5. The number of benzene rings is 1. The Hall–Kier alpha value is -1.86. The topological polar surface area (TPSA) is 70.1 Å². The summed E-state index contributed by atoms with van der Waals surface area (Å²) in [4.78, 5) is 14.1. The third kappa shape index (κ3) is 3.17. The number of carbonyl (C=O) groups excluding carboxylic acids is 1. The summed E-state index contributed by atoms with van der Waals surface area (Å²) in [5.41, 5.74) is 7.38. The summed E-state index contributed by atoms with van der Waals surface area (Å²) in [5.74, 6) is 0.0856. The van der Waals surface area contributed by atoms with E-state index in [0.29, 0.717) is 25.1 Å². The van der Waals surface area contributed by atoms with Crippen molar-refractivity contribution in [2.75, 3.05) is 6.54 Å². The minimum atomic E-state index is -0.292. The summed E-state index contributed by atoms with van der Waals surface area (Å²) in [6.45, 7) is 3.07. The van der Waals surface area contributed by atoms with Crippen LogP contribution in [-0.4, -0.2) is 22.9 Å². The van der Waals surface area contributed by atoms with E-state index in [1.54, 1.807) is 11.0 Å². The van der Waals surface area contributed by atoms with Gasteiger partial charge >= 0.3 is 0 Å². The third-order valence-electron chi connectivity index (χ3n) is 4.09. The SMILES string of the molecule is CCN(Cc1ccccc1C#N)C(=O)CC1(N)CCC1. The predicted molar refractivity (Wildman–Crippen MR) is 77.6 cm³/mol. The number of amides is 1. The third-order valence-corrected chi connectivity index (χ3v) is 4.09. The number of nitrogens with zero attached hydrogens (tertiary/aromatic N) is 2. The van der Waals surface area contributed by atoms with E-state index in [9.17, 15) is 4.79 Å². The molecule has 1 aliphatic carbocycles. The molecular weight excluding hydrogens is 250 g/mol. The van der Waals surface area contributed by atoms with Gasteiger partial charge in [0, 0.05) is 25.0 Å². The number of nitrogens with two attached hydrogens (primary N) is 1. The molecule has 1 amide bonds. The van der Waals surface area contributed by atoms with Crippen molar-refractivity contribution in [2.45, 2.75) is 44.7 Å². The van der Waals surface area contributed by atoms with E-state index in [0.717, 1.165) is 24.8 Å². The smallest absolute Gasteiger partial charge is 0.224 e. The standard InChI is InChI=1S/C16H21N3O/c1-2-19(15(20)10-16(18)8-5-9-16)12-14-7-4-3-6-13(14)11-17/h3-4,6-7H,2,5,8-10,12,18H2,1H3. The van der Waals surface area contributed by atoms with Crippen LogP contribution in [0.2, 0.25) is 0 Å². The molecule has 106 valence electrons. The molecule has 1 aromatic carbocycles. The van der Waals surface area contributed by atoms with Crippen molar-refractivity contribution in [3.8, 4) is 6.07 Å². The summed E-state index contributed by atoms with van der Waals surface area (Å²) in [5, 5.41) is 9.10. The minimum Gasteiger partial charge on any atom is -0.339 e. The molecule has 1 fully saturated rings. The van der Waals surface area contributed by atoms with Gasteiger partial charge in [-0.3, -0.25) is 4.79 Å². The monoisotopic (exact) mass is 271 g/mol. The lowest BCUT2D eigenvalue weighted by Gasteiger charge is -2.38. The van der Waals surface area contributed by atoms with E-state index in [1.165, 1.54) is 0 Å². The number of hydrogen-bond acceptors (Lipinski definition) is 3. The molecule has 0 saturated heterocycles. The Morgan fingerprint density at radius 3 is 2.70 bits per heavy atom. The lowest BCUT2D eigenvalue weighted by molar-refractivity contribution is -0.133. The van der Waals surface area contributed by atoms with Gasteiger partial charge in [-0.05, 0) is 37.8 Å². The van der Waals surface area contributed by atoms with Gasteiger partial charge < -0.3 is 10.6 Å². The van der Waals surface area contributed by atoms with Crippen molar-refractivity contribution < 1.29 is 4.79 Å². The van der Waals surface area contributed by atoms with E-state index in [-0.39, 0.29) is 11.4 Å². The molecule has 0 aromatic heterocycles. The van der Waals surface area contributed by atoms with Crippen LogP contribution in [0.3, 0.4) is 0 Å². The van der Waals surface area contributed by atoms with Crippen LogP contribution < -0.4 is 5.73 Å². The average Bonchev–Trinajstić information content (AvgIpc) is 2.43. The second kappa shape index (κ2) is 6.06. The highest BCUT2D eigenvalue weighted by atomic mass is 16.2. The summed E-state index contributed by atoms with van der Waals surface area (Å²) in [7, 11) is 0. The van der Waals surface area contributed by atoms with Gasteiger partial charge in [0.05, 0.1) is 11.6 Å². The molecule has 0 unspecified atom stereocenters. The largest absolute Gasteiger partial charge is 0.339 e. The van der Waals surface area contributed by atoms with Gasteiger partial charge in [-0.25, -0.2) is 0 Å². The molecule has 0 aliphatic heterocycles. The van der Waals surface area contributed by atoms with E-state index in [2.05, 4.69) is 6.07 Å². The van der Waals surface area contributed by atoms with E-state index in [1.807, 2.05) is 25.1 Å². The van der Waals surface area contributed by atoms with Crippen LogP contribution in [0.1, 0.15) is 43.7 Å². The summed E-state index contributed by atoms with van der Waals surface area (Å²) < 4.78 is 0. The van der Waals surface area contributed by atoms with E-state index < -0.39 is 0 Å². The Labute approximate surface area is 120 Å². The zero-order valence-electron chi connectivity index (χ0n) is 11.9. The highest BCUT2D eigenvalue weighted by molar-refractivity contribution is 5.77. The molecule has 1 aliphatic rings. The maximum Gasteiger partial charge on any atom is 0.224 e. The molecule has 0 radical (unpaired) electrons. The Morgan fingerprint density at radius 1 is 1.45 bits per heavy atom. The Kier molecular flexibility index (Phi) is 4.41. The van der Waals surface area contributed by atoms with E-state index in [4.69, 9.17) is 11.0 Å². The normalized spacial score (nSPS) is 16.1. The second-order valence-corrected chi connectivity index (χ2v) is 5.57. The lowest BCUT2D eigenvalue weighted by Crippen LogP contribution is -2.50. The van der Waals surface area contributed by atoms with Crippen molar-refractivity contribution in [1.29, 1.82) is 5.26 Å². The summed E-state index contributed by atoms with van der Waals surface area (Å²) in [6, 6.07) is 9.58. The van der Waals surface area contributed by atoms with Gasteiger partial charge in [-0.1, -0.05) is 18.2 Å². The van der Waals surface area contributed by atoms with Crippen LogP contribution in [0, 0.1) is 11.3 Å². The Balaban J connectivity index is 2.05. The van der Waals surface area contributed by atoms with Gasteiger partial charge in [0.25, 0.3) is 0 Å². The zero-order valence-corrected chi connectivity index (χ0v) is 11.9. The van der Waals surface area contributed by atoms with Crippen LogP contribution in [-0.2, 0) is 11.3 Å². The van der Waals surface area contributed by atoms with Crippen LogP contribution in [0.5, 0.6) is 0 Å². The molecule has 2 rings (SSSR count). The van der Waals surface area contributed by atoms with Crippen LogP contribution in [0.25, 0.3) is 0 Å². The predicted octanol–water partition coefficient (Wildman–Crippen LogP) is 2.18. The van der Waals surface area contributed by atoms with Crippen LogP contribution in [0.15, 0.2) is 24.3 Å². The van der Waals surface area contributed by atoms with Crippen molar-refractivity contribution in [2.24, 2.45) is 5.73 Å². The van der Waals surface area contributed by atoms with Crippen LogP contribution >= 0.6 is 0 Å². The Morgan fingerprint density at radius 2 is 2.15 bits per heavy atom. The fourth-order valence-corrected chi connectivity index (χ4v) is 2.57. The van der Waals surface area contributed by atoms with Gasteiger partial charge in [0.2, 0.25) is 5.91 Å². The molecule has 4 nitrogen and oxygen atoms in total. The molecule has 20 heavy (non-hydrogen) atoms. The molecule has 1 saturated carbocycles. The lowest BCUT2D eigenvalue weighted by atomic mass is 9.75. The number of nitriles is 1. The first-order valence-corrected chi connectivity index (χ1v) is 7.12. The molecule has 2 N–H and O–H groups in total. The van der Waals surface area contributed by atoms with Crippen molar-refractivity contribution in [1.82, 2.24) is 4.90 Å². The summed E-state index contributed by atoms with van der Waals surface area (Å²) >= 11 is 0. The van der Waals surface area contributed by atoms with Gasteiger partial charge in [0.15, 0.2) is 0 Å². The first-order valence-electron chi connectivity index (χ1n) is 7.12. The average molecular weight is 271 g/mol. The highest BCUT2D eigenvalue weighted by Crippen LogP contribution is 2.32. The van der Waals surface area contributed by atoms with Gasteiger partial charge in [-0.2, -0.15) is 5.26 Å². The van der Waals surface area contributed by atoms with Crippen molar-refractivity contribution >= 4 is 5.91 Å². The summed E-state index contributed by atoms with van der Waals surface area (Å²) in [6.07, 6.45) is 3.40. The molecule has 0 spiro atoms. The fraction of sp³-hybridized carbons (Fsp3) is 0.500. The van der Waals surface area contributed by atoms with Crippen molar-refractivity contribution in [3.63, 3.8) is 0 Å². The first-order chi connectivity index (χ1) is 9.58. The van der Waals surface area contributed by atoms with Crippen LogP contribution in [0.4, 0.5) is 0 Å². The van der Waals surface area contributed by atoms with E-state index >= 15 is 0 Å². The molecule has 0 heterocycles. The molecule has 1 aromatic rings. The highest BCUT2D eigenvalue weighted by Gasteiger charge is 2.35. The number of rotatable bonds is 5. The fourth-order valence-electron chi connectivity index (χ4n) is 2.57. The molecular formula is C16H21N3O. The minimum absolute atomic E-state index is 0.0856. The quantitative estimate of drug-likeness (QED) is 0.892. The maximum atomic E-state index is 12.3. The number of hydrogen-bond donors (Lipinski definition) is 1. The number of carbonyl (C=O) groups is 1. The molecule has 0 bridgehead atoms. The maximum absolute atomic E-state index is 12.3. The second-order valence-electron chi connectivity index (χ2n) is 5.57. The molecule has 4 heteroatoms. The molecule has 0 atom stereocenters. The zero-order chi connectivity index (χ0) is 14.6. The van der Waals surface area contributed by atoms with Gasteiger partial charge in [0.1, 0.15) is 0 Å². The Bertz CT molecular complexity index is 529.